The number of aromatic nitrogens is 1. The summed E-state index contributed by atoms with van der Waals surface area (Å²) in [6.07, 6.45) is 0. The van der Waals surface area contributed by atoms with Gasteiger partial charge in [-0.3, -0.25) is 9.69 Å². The number of hydrogen-bond donors (Lipinski definition) is 1. The van der Waals surface area contributed by atoms with Crippen LogP contribution in [0.3, 0.4) is 0 Å². The minimum Gasteiger partial charge on any atom is -0.493 e. The van der Waals surface area contributed by atoms with Crippen LogP contribution in [0.15, 0.2) is 41.8 Å². The van der Waals surface area contributed by atoms with Crippen LogP contribution in [-0.4, -0.2) is 43.6 Å². The number of nitrogens with zero attached hydrogens (tertiary/aromatic N) is 2. The number of benzene rings is 2. The quantitative estimate of drug-likeness (QED) is 0.575. The van der Waals surface area contributed by atoms with E-state index in [4.69, 9.17) is 14.5 Å². The Kier molecular flexibility index (Phi) is 7.07. The fraction of sp³-hybridized carbons (Fsp3) is 0.304. The Hall–Kier alpha value is -2.90. The second kappa shape index (κ2) is 9.73. The predicted octanol–water partition coefficient (Wildman–Crippen LogP) is 4.51. The number of carbonyl (C=O) groups excluding carboxylic acids is 1. The van der Waals surface area contributed by atoms with Crippen LogP contribution in [0.4, 0.5) is 5.69 Å². The molecule has 7 heteroatoms. The third-order valence-electron chi connectivity index (χ3n) is 4.91. The Balaban J connectivity index is 1.61. The van der Waals surface area contributed by atoms with Gasteiger partial charge in [0.25, 0.3) is 0 Å². The molecule has 0 saturated carbocycles. The highest BCUT2D eigenvalue weighted by Gasteiger charge is 2.13. The van der Waals surface area contributed by atoms with E-state index < -0.39 is 0 Å². The van der Waals surface area contributed by atoms with Crippen LogP contribution in [0.2, 0.25) is 0 Å². The molecule has 0 spiro atoms. The lowest BCUT2D eigenvalue weighted by Gasteiger charge is -2.16. The molecule has 0 fully saturated rings. The smallest absolute Gasteiger partial charge is 0.238 e. The van der Waals surface area contributed by atoms with E-state index in [0.29, 0.717) is 18.0 Å². The van der Waals surface area contributed by atoms with Crippen LogP contribution in [0.5, 0.6) is 11.5 Å². The number of thiazole rings is 1. The van der Waals surface area contributed by atoms with Crippen molar-refractivity contribution in [3.05, 3.63) is 58.6 Å². The summed E-state index contributed by atoms with van der Waals surface area (Å²) in [6.45, 7) is 4.93. The first-order valence-electron chi connectivity index (χ1n) is 9.62. The summed E-state index contributed by atoms with van der Waals surface area (Å²) in [6, 6.07) is 11.7. The minimum atomic E-state index is -0.0402. The fourth-order valence-corrected chi connectivity index (χ4v) is 3.94. The number of methoxy groups -OCH3 is 2. The van der Waals surface area contributed by atoms with Crippen molar-refractivity contribution in [3.63, 3.8) is 0 Å². The van der Waals surface area contributed by atoms with Gasteiger partial charge in [0.1, 0.15) is 5.01 Å². The number of hydrogen-bond acceptors (Lipinski definition) is 6. The highest BCUT2D eigenvalue weighted by Crippen LogP contribution is 2.33. The van der Waals surface area contributed by atoms with Crippen LogP contribution >= 0.6 is 11.3 Å². The van der Waals surface area contributed by atoms with Crippen molar-refractivity contribution in [2.24, 2.45) is 0 Å². The van der Waals surface area contributed by atoms with Crippen LogP contribution in [-0.2, 0) is 11.3 Å². The van der Waals surface area contributed by atoms with Crippen molar-refractivity contribution in [1.29, 1.82) is 0 Å². The standard InChI is InChI=1S/C23H27N3O3S/c1-15-7-6-8-19(16(15)2)25-22(27)13-26(3)12-18-14-30-23(24-18)17-9-10-20(28-4)21(11-17)29-5/h6-11,14H,12-13H2,1-5H3,(H,25,27). The summed E-state index contributed by atoms with van der Waals surface area (Å²) >= 11 is 1.57. The van der Waals surface area contributed by atoms with Gasteiger partial charge < -0.3 is 14.8 Å². The number of nitrogens with one attached hydrogen (secondary N) is 1. The van der Waals surface area contributed by atoms with Crippen molar-refractivity contribution in [2.45, 2.75) is 20.4 Å². The molecule has 0 aliphatic heterocycles. The molecule has 158 valence electrons. The fourth-order valence-electron chi connectivity index (χ4n) is 3.14. The monoisotopic (exact) mass is 425 g/mol. The Labute approximate surface area is 181 Å². The van der Waals surface area contributed by atoms with E-state index in [1.807, 2.05) is 67.6 Å². The Morgan fingerprint density at radius 3 is 2.63 bits per heavy atom. The maximum Gasteiger partial charge on any atom is 0.238 e. The molecule has 3 rings (SSSR count). The van der Waals surface area contributed by atoms with Crippen molar-refractivity contribution in [3.8, 4) is 22.1 Å². The molecule has 0 saturated heterocycles. The van der Waals surface area contributed by atoms with E-state index >= 15 is 0 Å². The van der Waals surface area contributed by atoms with Crippen molar-refractivity contribution in [2.75, 3.05) is 33.1 Å². The zero-order valence-electron chi connectivity index (χ0n) is 18.0. The normalized spacial score (nSPS) is 10.9. The van der Waals surface area contributed by atoms with Gasteiger partial charge >= 0.3 is 0 Å². The first-order chi connectivity index (χ1) is 14.4. The second-order valence-corrected chi connectivity index (χ2v) is 8.04. The van der Waals surface area contributed by atoms with Crippen LogP contribution in [0, 0.1) is 13.8 Å². The van der Waals surface area contributed by atoms with E-state index in [1.54, 1.807) is 25.6 Å². The number of anilines is 1. The SMILES string of the molecule is COc1ccc(-c2nc(CN(C)CC(=O)Nc3cccc(C)c3C)cs2)cc1OC. The van der Waals surface area contributed by atoms with Crippen molar-refractivity contribution < 1.29 is 14.3 Å². The Morgan fingerprint density at radius 2 is 1.90 bits per heavy atom. The third kappa shape index (κ3) is 5.17. The molecule has 3 aromatic rings. The van der Waals surface area contributed by atoms with Crippen molar-refractivity contribution in [1.82, 2.24) is 9.88 Å². The molecule has 1 aromatic heterocycles. The molecule has 30 heavy (non-hydrogen) atoms. The van der Waals surface area contributed by atoms with Gasteiger partial charge in [-0.1, -0.05) is 12.1 Å². The number of likely N-dealkylation sites (N-methyl/N-ethyl adjacent to an activating group) is 1. The molecule has 1 amide bonds. The largest absolute Gasteiger partial charge is 0.493 e. The van der Waals surface area contributed by atoms with Crippen LogP contribution in [0.25, 0.3) is 10.6 Å². The van der Waals surface area contributed by atoms with E-state index in [0.717, 1.165) is 33.1 Å². The molecule has 0 radical (unpaired) electrons. The molecule has 0 unspecified atom stereocenters. The molecule has 1 heterocycles. The van der Waals surface area contributed by atoms with Crippen LogP contribution < -0.4 is 14.8 Å². The van der Waals surface area contributed by atoms with E-state index in [1.165, 1.54) is 0 Å². The number of amides is 1. The van der Waals surface area contributed by atoms with E-state index in [2.05, 4.69) is 5.32 Å². The van der Waals surface area contributed by atoms with E-state index in [9.17, 15) is 4.79 Å². The van der Waals surface area contributed by atoms with Gasteiger partial charge in [-0.05, 0) is 56.3 Å². The summed E-state index contributed by atoms with van der Waals surface area (Å²) in [7, 11) is 5.15. The molecule has 0 aliphatic rings. The third-order valence-corrected chi connectivity index (χ3v) is 5.85. The Morgan fingerprint density at radius 1 is 1.13 bits per heavy atom. The zero-order chi connectivity index (χ0) is 21.7. The maximum absolute atomic E-state index is 12.4. The summed E-state index contributed by atoms with van der Waals surface area (Å²) in [5.74, 6) is 1.32. The lowest BCUT2D eigenvalue weighted by molar-refractivity contribution is -0.117. The maximum atomic E-state index is 12.4. The number of aryl methyl sites for hydroxylation is 1. The van der Waals surface area contributed by atoms with Gasteiger partial charge in [0.2, 0.25) is 5.91 Å². The summed E-state index contributed by atoms with van der Waals surface area (Å²) in [5, 5.41) is 5.92. The summed E-state index contributed by atoms with van der Waals surface area (Å²) in [4.78, 5) is 19.1. The summed E-state index contributed by atoms with van der Waals surface area (Å²) in [5.41, 5.74) is 5.00. The van der Waals surface area contributed by atoms with Gasteiger partial charge in [-0.15, -0.1) is 11.3 Å². The van der Waals surface area contributed by atoms with E-state index in [-0.39, 0.29) is 12.5 Å². The lowest BCUT2D eigenvalue weighted by Crippen LogP contribution is -2.30. The second-order valence-electron chi connectivity index (χ2n) is 7.18. The lowest BCUT2D eigenvalue weighted by atomic mass is 10.1. The average molecular weight is 426 g/mol. The average Bonchev–Trinajstić information content (AvgIpc) is 3.19. The molecular weight excluding hydrogens is 398 g/mol. The minimum absolute atomic E-state index is 0.0402. The predicted molar refractivity (Wildman–Crippen MR) is 122 cm³/mol. The van der Waals surface area contributed by atoms with Gasteiger partial charge in [-0.25, -0.2) is 4.98 Å². The first kappa shape index (κ1) is 21.8. The molecule has 0 aliphatic carbocycles. The Bertz CT molecular complexity index is 1030. The van der Waals surface area contributed by atoms with Gasteiger partial charge in [0.05, 0.1) is 26.5 Å². The van der Waals surface area contributed by atoms with Gasteiger partial charge in [0, 0.05) is 23.2 Å². The zero-order valence-corrected chi connectivity index (χ0v) is 18.8. The molecule has 0 bridgehead atoms. The number of rotatable bonds is 8. The summed E-state index contributed by atoms with van der Waals surface area (Å²) < 4.78 is 10.7. The van der Waals surface area contributed by atoms with Crippen LogP contribution in [0.1, 0.15) is 16.8 Å². The molecule has 2 aromatic carbocycles. The van der Waals surface area contributed by atoms with Gasteiger partial charge in [-0.2, -0.15) is 0 Å². The highest BCUT2D eigenvalue weighted by atomic mass is 32.1. The van der Waals surface area contributed by atoms with Crippen molar-refractivity contribution >= 4 is 22.9 Å². The number of carbonyl (C=O) groups is 1. The molecule has 6 nitrogen and oxygen atoms in total. The van der Waals surface area contributed by atoms with Gasteiger partial charge in [0.15, 0.2) is 11.5 Å². The molecular formula is C23H27N3O3S. The first-order valence-corrected chi connectivity index (χ1v) is 10.5. The topological polar surface area (TPSA) is 63.7 Å². The molecule has 0 atom stereocenters. The number of ether oxygens (including phenoxy) is 2. The highest BCUT2D eigenvalue weighted by molar-refractivity contribution is 7.13. The molecule has 1 N–H and O–H groups in total.